The third-order valence-corrected chi connectivity index (χ3v) is 5.55. The van der Waals surface area contributed by atoms with Gasteiger partial charge < -0.3 is 4.74 Å². The number of ether oxygens (including phenoxy) is 1. The van der Waals surface area contributed by atoms with E-state index in [2.05, 4.69) is 0 Å². The summed E-state index contributed by atoms with van der Waals surface area (Å²) in [5, 5.41) is 2.87. The summed E-state index contributed by atoms with van der Waals surface area (Å²) in [5.74, 6) is 0.110. The summed E-state index contributed by atoms with van der Waals surface area (Å²) in [6.45, 7) is 0.796. The number of carbonyl (C=O) groups excluding carboxylic acids is 2. The molecule has 8 heteroatoms. The van der Waals surface area contributed by atoms with Crippen LogP contribution in [0.25, 0.3) is 0 Å². The molecule has 2 aromatic rings. The van der Waals surface area contributed by atoms with Crippen LogP contribution in [0.15, 0.2) is 59.5 Å². The normalized spacial score (nSPS) is 14.2. The summed E-state index contributed by atoms with van der Waals surface area (Å²) in [5.41, 5.74) is 0.692. The molecule has 28 heavy (non-hydrogen) atoms. The van der Waals surface area contributed by atoms with E-state index in [1.165, 1.54) is 22.2 Å². The predicted molar refractivity (Wildman–Crippen MR) is 103 cm³/mol. The van der Waals surface area contributed by atoms with E-state index in [9.17, 15) is 18.0 Å². The minimum Gasteiger partial charge on any atom is -0.484 e. The minimum atomic E-state index is -3.28. The summed E-state index contributed by atoms with van der Waals surface area (Å²) in [7, 11) is -3.28. The van der Waals surface area contributed by atoms with E-state index in [4.69, 9.17) is 4.74 Å². The van der Waals surface area contributed by atoms with Gasteiger partial charge in [-0.05, 0) is 36.2 Å². The summed E-state index contributed by atoms with van der Waals surface area (Å²) >= 11 is 0. The Hall–Kier alpha value is -2.87. The molecule has 1 fully saturated rings. The monoisotopic (exact) mass is 402 g/mol. The van der Waals surface area contributed by atoms with Crippen molar-refractivity contribution in [1.29, 1.82) is 0 Å². The molecule has 0 radical (unpaired) electrons. The van der Waals surface area contributed by atoms with Gasteiger partial charge in [0.1, 0.15) is 5.75 Å². The lowest BCUT2D eigenvalue weighted by Crippen LogP contribution is -2.47. The summed E-state index contributed by atoms with van der Waals surface area (Å²) in [6, 6.07) is 15.2. The average Bonchev–Trinajstić information content (AvgIpc) is 3.17. The number of hydrazine groups is 1. The highest BCUT2D eigenvalue weighted by Crippen LogP contribution is 2.16. The third-order valence-electron chi connectivity index (χ3n) is 4.42. The van der Waals surface area contributed by atoms with Crippen molar-refractivity contribution in [2.75, 3.05) is 26.0 Å². The Kier molecular flexibility index (Phi) is 5.99. The van der Waals surface area contributed by atoms with Gasteiger partial charge in [-0.2, -0.15) is 0 Å². The number of amides is 2. The molecule has 0 aromatic heterocycles. The molecule has 7 nitrogen and oxygen atoms in total. The fraction of sp³-hybridized carbons (Fsp3) is 0.300. The standard InChI is InChI=1S/C20H22N2O5S/c1-28(25,26)18-10-8-16(9-11-18)14-19(23)21-12-5-13-22(21)20(24)15-27-17-6-3-2-4-7-17/h2-4,6-11H,5,12-15H2,1H3. The molecular formula is C20H22N2O5S. The molecule has 1 aliphatic rings. The van der Waals surface area contributed by atoms with Crippen LogP contribution in [0.3, 0.4) is 0 Å². The molecule has 1 aliphatic heterocycles. The fourth-order valence-electron chi connectivity index (χ4n) is 2.99. The Morgan fingerprint density at radius 3 is 2.14 bits per heavy atom. The first kappa shape index (κ1) is 19.9. The molecule has 0 saturated carbocycles. The van der Waals surface area contributed by atoms with E-state index >= 15 is 0 Å². The molecule has 2 aromatic carbocycles. The van der Waals surface area contributed by atoms with Gasteiger partial charge in [-0.25, -0.2) is 13.4 Å². The van der Waals surface area contributed by atoms with Gasteiger partial charge in [0.05, 0.1) is 11.3 Å². The van der Waals surface area contributed by atoms with Crippen LogP contribution in [0.1, 0.15) is 12.0 Å². The molecule has 1 heterocycles. The Morgan fingerprint density at radius 1 is 0.929 bits per heavy atom. The number of nitrogens with zero attached hydrogens (tertiary/aromatic N) is 2. The van der Waals surface area contributed by atoms with E-state index < -0.39 is 9.84 Å². The summed E-state index contributed by atoms with van der Waals surface area (Å²) in [4.78, 5) is 25.3. The highest BCUT2D eigenvalue weighted by Gasteiger charge is 2.30. The van der Waals surface area contributed by atoms with E-state index in [0.29, 0.717) is 30.8 Å². The zero-order valence-electron chi connectivity index (χ0n) is 15.6. The Balaban J connectivity index is 1.60. The predicted octanol–water partition coefficient (Wildman–Crippen LogP) is 1.69. The molecule has 148 valence electrons. The molecule has 0 unspecified atom stereocenters. The van der Waals surface area contributed by atoms with Crippen LogP contribution in [-0.2, 0) is 25.8 Å². The van der Waals surface area contributed by atoms with Gasteiger partial charge in [-0.15, -0.1) is 0 Å². The molecule has 3 rings (SSSR count). The first-order chi connectivity index (χ1) is 13.3. The van der Waals surface area contributed by atoms with E-state index in [1.54, 1.807) is 24.3 Å². The summed E-state index contributed by atoms with van der Waals surface area (Å²) < 4.78 is 28.5. The maximum absolute atomic E-state index is 12.7. The minimum absolute atomic E-state index is 0.0906. The molecule has 0 aliphatic carbocycles. The van der Waals surface area contributed by atoms with Crippen molar-refractivity contribution in [1.82, 2.24) is 10.0 Å². The van der Waals surface area contributed by atoms with Gasteiger partial charge in [0.15, 0.2) is 16.4 Å². The molecule has 0 N–H and O–H groups in total. The number of hydrogen-bond acceptors (Lipinski definition) is 5. The Bertz CT molecular complexity index is 942. The SMILES string of the molecule is CS(=O)(=O)c1ccc(CC(=O)N2CCCN2C(=O)COc2ccccc2)cc1. The maximum atomic E-state index is 12.7. The summed E-state index contributed by atoms with van der Waals surface area (Å²) in [6.07, 6.45) is 1.93. The molecular weight excluding hydrogens is 380 g/mol. The van der Waals surface area contributed by atoms with E-state index in [0.717, 1.165) is 6.26 Å². The van der Waals surface area contributed by atoms with Crippen LogP contribution >= 0.6 is 0 Å². The van der Waals surface area contributed by atoms with Gasteiger partial charge in [0.25, 0.3) is 5.91 Å². The maximum Gasteiger partial charge on any atom is 0.279 e. The van der Waals surface area contributed by atoms with Crippen molar-refractivity contribution in [3.05, 3.63) is 60.2 Å². The van der Waals surface area contributed by atoms with Crippen molar-refractivity contribution < 1.29 is 22.7 Å². The van der Waals surface area contributed by atoms with Crippen molar-refractivity contribution in [3.8, 4) is 5.75 Å². The zero-order chi connectivity index (χ0) is 20.1. The lowest BCUT2D eigenvalue weighted by Gasteiger charge is -2.28. The number of carbonyl (C=O) groups is 2. The van der Waals surface area contributed by atoms with Crippen molar-refractivity contribution in [2.45, 2.75) is 17.7 Å². The molecule has 0 spiro atoms. The second kappa shape index (κ2) is 8.43. The number of hydrogen-bond donors (Lipinski definition) is 0. The van der Waals surface area contributed by atoms with Gasteiger partial charge in [-0.1, -0.05) is 30.3 Å². The van der Waals surface area contributed by atoms with Crippen LogP contribution in [0, 0.1) is 0 Å². The van der Waals surface area contributed by atoms with Crippen LogP contribution in [0.4, 0.5) is 0 Å². The van der Waals surface area contributed by atoms with Crippen LogP contribution in [-0.4, -0.2) is 56.2 Å². The third kappa shape index (κ3) is 4.89. The largest absolute Gasteiger partial charge is 0.484 e. The van der Waals surface area contributed by atoms with Crippen molar-refractivity contribution in [2.24, 2.45) is 0 Å². The molecule has 1 saturated heterocycles. The first-order valence-corrected chi connectivity index (χ1v) is 10.8. The van der Waals surface area contributed by atoms with Crippen molar-refractivity contribution >= 4 is 21.7 Å². The lowest BCUT2D eigenvalue weighted by molar-refractivity contribution is -0.158. The van der Waals surface area contributed by atoms with Crippen LogP contribution in [0.2, 0.25) is 0 Å². The number of rotatable bonds is 6. The zero-order valence-corrected chi connectivity index (χ0v) is 16.4. The second-order valence-electron chi connectivity index (χ2n) is 6.58. The number of benzene rings is 2. The fourth-order valence-corrected chi connectivity index (χ4v) is 3.62. The Morgan fingerprint density at radius 2 is 1.54 bits per heavy atom. The van der Waals surface area contributed by atoms with Crippen LogP contribution in [0.5, 0.6) is 5.75 Å². The van der Waals surface area contributed by atoms with E-state index in [1.807, 2.05) is 18.2 Å². The molecule has 0 bridgehead atoms. The highest BCUT2D eigenvalue weighted by atomic mass is 32.2. The lowest BCUT2D eigenvalue weighted by atomic mass is 10.1. The Labute approximate surface area is 164 Å². The molecule has 0 atom stereocenters. The quantitative estimate of drug-likeness (QED) is 0.734. The topological polar surface area (TPSA) is 84.0 Å². The van der Waals surface area contributed by atoms with E-state index in [-0.39, 0.29) is 29.7 Å². The smallest absolute Gasteiger partial charge is 0.279 e. The average molecular weight is 402 g/mol. The van der Waals surface area contributed by atoms with Crippen molar-refractivity contribution in [3.63, 3.8) is 0 Å². The van der Waals surface area contributed by atoms with Gasteiger partial charge in [0, 0.05) is 19.3 Å². The number of sulfone groups is 1. The van der Waals surface area contributed by atoms with Gasteiger partial charge >= 0.3 is 0 Å². The second-order valence-corrected chi connectivity index (χ2v) is 8.60. The van der Waals surface area contributed by atoms with Gasteiger partial charge in [0.2, 0.25) is 5.91 Å². The van der Waals surface area contributed by atoms with Gasteiger partial charge in [-0.3, -0.25) is 14.6 Å². The molecule has 2 amide bonds. The first-order valence-electron chi connectivity index (χ1n) is 8.92. The highest BCUT2D eigenvalue weighted by molar-refractivity contribution is 7.90. The van der Waals surface area contributed by atoms with Crippen LogP contribution < -0.4 is 4.74 Å². The number of para-hydroxylation sites is 1.